The van der Waals surface area contributed by atoms with Crippen LogP contribution in [0.1, 0.15) is 26.3 Å². The number of nitrogens with zero attached hydrogens (tertiary/aromatic N) is 4. The van der Waals surface area contributed by atoms with Crippen LogP contribution in [0.5, 0.6) is 11.6 Å². The molecule has 1 aliphatic heterocycles. The van der Waals surface area contributed by atoms with E-state index in [0.717, 1.165) is 42.3 Å². The van der Waals surface area contributed by atoms with Gasteiger partial charge in [-0.2, -0.15) is 4.98 Å². The molecule has 3 aromatic rings. The summed E-state index contributed by atoms with van der Waals surface area (Å²) in [7, 11) is 1.66. The monoisotopic (exact) mass is 433 g/mol. The van der Waals surface area contributed by atoms with Crippen LogP contribution < -0.4 is 19.7 Å². The molecule has 1 atom stereocenters. The molecule has 0 spiro atoms. The van der Waals surface area contributed by atoms with Gasteiger partial charge >= 0.3 is 0 Å². The molecule has 1 aromatic carbocycles. The molecule has 7 heteroatoms. The summed E-state index contributed by atoms with van der Waals surface area (Å²) in [5.41, 5.74) is 2.12. The van der Waals surface area contributed by atoms with Crippen LogP contribution in [0.2, 0.25) is 0 Å². The number of aromatic nitrogens is 3. The molecular formula is C25H31N5O2. The summed E-state index contributed by atoms with van der Waals surface area (Å²) in [6.07, 6.45) is 3.51. The van der Waals surface area contributed by atoms with Gasteiger partial charge in [-0.05, 0) is 35.2 Å². The highest BCUT2D eigenvalue weighted by molar-refractivity contribution is 5.58. The molecule has 1 unspecified atom stereocenters. The average Bonchev–Trinajstić information content (AvgIpc) is 2.83. The molecule has 1 N–H and O–H groups in total. The third-order valence-corrected chi connectivity index (χ3v) is 5.72. The van der Waals surface area contributed by atoms with Gasteiger partial charge in [0.25, 0.3) is 0 Å². The first kappa shape index (κ1) is 22.0. The molecule has 0 bridgehead atoms. The minimum atomic E-state index is 0.160. The van der Waals surface area contributed by atoms with E-state index in [1.807, 2.05) is 42.5 Å². The van der Waals surface area contributed by atoms with Gasteiger partial charge in [-0.25, -0.2) is 4.98 Å². The number of ether oxygens (including phenoxy) is 2. The molecule has 32 heavy (non-hydrogen) atoms. The van der Waals surface area contributed by atoms with Crippen molar-refractivity contribution in [3.05, 3.63) is 60.4 Å². The van der Waals surface area contributed by atoms with Crippen molar-refractivity contribution in [2.24, 2.45) is 5.41 Å². The maximum Gasteiger partial charge on any atom is 0.219 e. The molecule has 1 saturated heterocycles. The third kappa shape index (κ3) is 5.34. The van der Waals surface area contributed by atoms with Crippen molar-refractivity contribution in [2.45, 2.75) is 33.4 Å². The first-order chi connectivity index (χ1) is 15.4. The number of piperazine rings is 1. The second-order valence-electron chi connectivity index (χ2n) is 9.08. The molecule has 0 radical (unpaired) electrons. The maximum atomic E-state index is 6.10. The summed E-state index contributed by atoms with van der Waals surface area (Å²) < 4.78 is 11.3. The molecule has 4 rings (SSSR count). The van der Waals surface area contributed by atoms with Crippen LogP contribution in [0.25, 0.3) is 11.4 Å². The van der Waals surface area contributed by atoms with Crippen molar-refractivity contribution >= 4 is 5.82 Å². The number of methoxy groups -OCH3 is 1. The second-order valence-corrected chi connectivity index (χ2v) is 9.08. The Labute approximate surface area is 189 Å². The number of hydrogen-bond donors (Lipinski definition) is 1. The number of nitrogens with one attached hydrogen (secondary N) is 1. The molecule has 1 fully saturated rings. The molecule has 2 aromatic heterocycles. The molecule has 0 amide bonds. The number of benzene rings is 1. The van der Waals surface area contributed by atoms with Gasteiger partial charge in [0, 0.05) is 49.7 Å². The number of hydrogen-bond acceptors (Lipinski definition) is 7. The van der Waals surface area contributed by atoms with E-state index in [9.17, 15) is 0 Å². The van der Waals surface area contributed by atoms with E-state index in [0.29, 0.717) is 24.4 Å². The highest BCUT2D eigenvalue weighted by atomic mass is 16.5. The van der Waals surface area contributed by atoms with Crippen molar-refractivity contribution in [1.29, 1.82) is 0 Å². The molecule has 7 nitrogen and oxygen atoms in total. The Morgan fingerprint density at radius 2 is 1.81 bits per heavy atom. The normalized spacial score (nSPS) is 16.6. The van der Waals surface area contributed by atoms with E-state index in [4.69, 9.17) is 14.5 Å². The Balaban J connectivity index is 1.60. The van der Waals surface area contributed by atoms with Crippen LogP contribution in [0, 0.1) is 5.41 Å². The smallest absolute Gasteiger partial charge is 0.219 e. The van der Waals surface area contributed by atoms with Crippen molar-refractivity contribution in [3.63, 3.8) is 0 Å². The molecular weight excluding hydrogens is 402 g/mol. The zero-order valence-corrected chi connectivity index (χ0v) is 19.2. The Hall–Kier alpha value is -3.19. The van der Waals surface area contributed by atoms with Gasteiger partial charge in [-0.1, -0.05) is 32.9 Å². The standard InChI is InChI=1S/C25H31N5O2/c1-25(2,3)21-16-30(14-13-27-21)22-15-23(29-24(28-22)19-9-11-26-12-10-19)32-17-18-5-7-20(31-4)8-6-18/h5-12,15,21,27H,13-14,16-17H2,1-4H3. The van der Waals surface area contributed by atoms with Gasteiger partial charge in [-0.3, -0.25) is 4.98 Å². The van der Waals surface area contributed by atoms with E-state index in [-0.39, 0.29) is 5.41 Å². The lowest BCUT2D eigenvalue weighted by Crippen LogP contribution is -2.56. The average molecular weight is 434 g/mol. The predicted molar refractivity (Wildman–Crippen MR) is 126 cm³/mol. The van der Waals surface area contributed by atoms with Gasteiger partial charge in [0.05, 0.1) is 7.11 Å². The van der Waals surface area contributed by atoms with E-state index < -0.39 is 0 Å². The Kier molecular flexibility index (Phi) is 6.55. The van der Waals surface area contributed by atoms with Crippen molar-refractivity contribution < 1.29 is 9.47 Å². The van der Waals surface area contributed by atoms with Crippen LogP contribution in [0.15, 0.2) is 54.9 Å². The summed E-state index contributed by atoms with van der Waals surface area (Å²) in [6, 6.07) is 14.0. The fraction of sp³-hybridized carbons (Fsp3) is 0.400. The Bertz CT molecular complexity index is 1020. The van der Waals surface area contributed by atoms with Gasteiger partial charge in [0.15, 0.2) is 5.82 Å². The van der Waals surface area contributed by atoms with Gasteiger partial charge in [-0.15, -0.1) is 0 Å². The fourth-order valence-electron chi connectivity index (χ4n) is 3.70. The van der Waals surface area contributed by atoms with Gasteiger partial charge in [0.2, 0.25) is 5.88 Å². The van der Waals surface area contributed by atoms with Crippen molar-refractivity contribution in [2.75, 3.05) is 31.6 Å². The van der Waals surface area contributed by atoms with Crippen LogP contribution >= 0.6 is 0 Å². The number of pyridine rings is 1. The predicted octanol–water partition coefficient (Wildman–Crippen LogP) is 3.95. The number of anilines is 1. The Morgan fingerprint density at radius 3 is 2.50 bits per heavy atom. The van der Waals surface area contributed by atoms with Crippen LogP contribution in [-0.2, 0) is 6.61 Å². The first-order valence-corrected chi connectivity index (χ1v) is 11.0. The van der Waals surface area contributed by atoms with Crippen LogP contribution in [0.3, 0.4) is 0 Å². The highest BCUT2D eigenvalue weighted by Crippen LogP contribution is 2.28. The molecule has 0 saturated carbocycles. The first-order valence-electron chi connectivity index (χ1n) is 11.0. The zero-order chi connectivity index (χ0) is 22.6. The molecule has 168 valence electrons. The van der Waals surface area contributed by atoms with E-state index >= 15 is 0 Å². The van der Waals surface area contributed by atoms with Gasteiger partial charge < -0.3 is 19.7 Å². The minimum absolute atomic E-state index is 0.160. The lowest BCUT2D eigenvalue weighted by Gasteiger charge is -2.41. The largest absolute Gasteiger partial charge is 0.497 e. The third-order valence-electron chi connectivity index (χ3n) is 5.72. The lowest BCUT2D eigenvalue weighted by molar-refractivity contribution is 0.253. The topological polar surface area (TPSA) is 72.4 Å². The maximum absolute atomic E-state index is 6.10. The molecule has 3 heterocycles. The summed E-state index contributed by atoms with van der Waals surface area (Å²) >= 11 is 0. The summed E-state index contributed by atoms with van der Waals surface area (Å²) in [6.45, 7) is 9.90. The molecule has 0 aliphatic carbocycles. The SMILES string of the molecule is COc1ccc(COc2cc(N3CCNC(C(C)(C)C)C3)nc(-c3ccncc3)n2)cc1. The minimum Gasteiger partial charge on any atom is -0.497 e. The summed E-state index contributed by atoms with van der Waals surface area (Å²) in [5, 5.41) is 3.64. The van der Waals surface area contributed by atoms with Crippen LogP contribution in [-0.4, -0.2) is 47.7 Å². The quantitative estimate of drug-likeness (QED) is 0.631. The van der Waals surface area contributed by atoms with Crippen molar-refractivity contribution in [3.8, 4) is 23.0 Å². The van der Waals surface area contributed by atoms with E-state index in [1.54, 1.807) is 19.5 Å². The zero-order valence-electron chi connectivity index (χ0n) is 19.2. The summed E-state index contributed by atoms with van der Waals surface area (Å²) in [4.78, 5) is 16.0. The number of rotatable bonds is 6. The van der Waals surface area contributed by atoms with E-state index in [1.165, 1.54) is 0 Å². The fourth-order valence-corrected chi connectivity index (χ4v) is 3.70. The summed E-state index contributed by atoms with van der Waals surface area (Å²) in [5.74, 6) is 2.90. The second kappa shape index (κ2) is 9.53. The Morgan fingerprint density at radius 1 is 1.06 bits per heavy atom. The van der Waals surface area contributed by atoms with Gasteiger partial charge in [0.1, 0.15) is 18.2 Å². The highest BCUT2D eigenvalue weighted by Gasteiger charge is 2.30. The van der Waals surface area contributed by atoms with Crippen LogP contribution in [0.4, 0.5) is 5.82 Å². The lowest BCUT2D eigenvalue weighted by atomic mass is 9.85. The van der Waals surface area contributed by atoms with E-state index in [2.05, 4.69) is 41.0 Å². The molecule has 1 aliphatic rings. The van der Waals surface area contributed by atoms with Crippen molar-refractivity contribution in [1.82, 2.24) is 20.3 Å².